The molecule has 1 aromatic heterocycles. The molecule has 0 saturated carbocycles. The van der Waals surface area contributed by atoms with E-state index in [2.05, 4.69) is 10.6 Å². The standard InChI is InChI=1S/C22H21ClN2O4/c1-15(16-8-10-17(23)11-9-16)25-21(26)14-29-22(27)19-6-2-3-7-20(19)24-13-18-5-4-12-28-18/h2-12,15,24H,13-14H2,1H3,(H,25,26)/t15-/m1/s1. The number of esters is 1. The predicted octanol–water partition coefficient (Wildman–Crippen LogP) is 4.58. The Bertz CT molecular complexity index is 955. The smallest absolute Gasteiger partial charge is 0.340 e. The lowest BCUT2D eigenvalue weighted by molar-refractivity contribution is -0.124. The molecule has 0 aliphatic rings. The van der Waals surface area contributed by atoms with Gasteiger partial charge in [-0.2, -0.15) is 0 Å². The van der Waals surface area contributed by atoms with Crippen molar-refractivity contribution in [2.24, 2.45) is 0 Å². The quantitative estimate of drug-likeness (QED) is 0.529. The van der Waals surface area contributed by atoms with E-state index in [1.807, 2.05) is 31.2 Å². The molecule has 1 atom stereocenters. The van der Waals surface area contributed by atoms with Gasteiger partial charge in [0.2, 0.25) is 0 Å². The fourth-order valence-electron chi connectivity index (χ4n) is 2.74. The maximum Gasteiger partial charge on any atom is 0.340 e. The molecule has 0 saturated heterocycles. The summed E-state index contributed by atoms with van der Waals surface area (Å²) >= 11 is 5.87. The van der Waals surface area contributed by atoms with E-state index in [-0.39, 0.29) is 18.6 Å². The number of furan rings is 1. The fourth-order valence-corrected chi connectivity index (χ4v) is 2.86. The summed E-state index contributed by atoms with van der Waals surface area (Å²) in [7, 11) is 0. The zero-order chi connectivity index (χ0) is 20.6. The van der Waals surface area contributed by atoms with Crippen molar-refractivity contribution in [1.29, 1.82) is 0 Å². The van der Waals surface area contributed by atoms with Gasteiger partial charge in [-0.1, -0.05) is 35.9 Å². The lowest BCUT2D eigenvalue weighted by atomic mass is 10.1. The van der Waals surface area contributed by atoms with Crippen LogP contribution in [0.1, 0.15) is 34.6 Å². The highest BCUT2D eigenvalue weighted by molar-refractivity contribution is 6.30. The summed E-state index contributed by atoms with van der Waals surface area (Å²) in [4.78, 5) is 24.6. The summed E-state index contributed by atoms with van der Waals surface area (Å²) < 4.78 is 10.5. The van der Waals surface area contributed by atoms with Crippen molar-refractivity contribution < 1.29 is 18.7 Å². The highest BCUT2D eigenvalue weighted by Crippen LogP contribution is 2.18. The van der Waals surface area contributed by atoms with Gasteiger partial charge < -0.3 is 19.8 Å². The van der Waals surface area contributed by atoms with Gasteiger partial charge in [0.05, 0.1) is 24.4 Å². The van der Waals surface area contributed by atoms with Gasteiger partial charge in [-0.3, -0.25) is 4.79 Å². The molecule has 150 valence electrons. The Morgan fingerprint density at radius 1 is 1.07 bits per heavy atom. The molecule has 1 heterocycles. The number of halogens is 1. The maximum atomic E-state index is 12.4. The van der Waals surface area contributed by atoms with Crippen molar-refractivity contribution in [2.45, 2.75) is 19.5 Å². The lowest BCUT2D eigenvalue weighted by Crippen LogP contribution is -2.31. The first-order valence-electron chi connectivity index (χ1n) is 9.10. The summed E-state index contributed by atoms with van der Waals surface area (Å²) in [6.45, 7) is 1.90. The number of carbonyl (C=O) groups excluding carboxylic acids is 2. The summed E-state index contributed by atoms with van der Waals surface area (Å²) in [5.74, 6) is -0.229. The molecule has 1 amide bonds. The van der Waals surface area contributed by atoms with Crippen LogP contribution < -0.4 is 10.6 Å². The molecule has 2 aromatic carbocycles. The molecule has 7 heteroatoms. The molecule has 0 spiro atoms. The first-order valence-corrected chi connectivity index (χ1v) is 9.48. The number of hydrogen-bond acceptors (Lipinski definition) is 5. The minimum atomic E-state index is -0.582. The first-order chi connectivity index (χ1) is 14.0. The van der Waals surface area contributed by atoms with Gasteiger partial charge >= 0.3 is 5.97 Å². The Kier molecular flexibility index (Phi) is 6.92. The van der Waals surface area contributed by atoms with E-state index in [9.17, 15) is 9.59 Å². The molecule has 6 nitrogen and oxygen atoms in total. The highest BCUT2D eigenvalue weighted by atomic mass is 35.5. The number of amides is 1. The second-order valence-corrected chi connectivity index (χ2v) is 6.83. The van der Waals surface area contributed by atoms with E-state index in [1.54, 1.807) is 42.7 Å². The lowest BCUT2D eigenvalue weighted by Gasteiger charge is -2.15. The topological polar surface area (TPSA) is 80.6 Å². The number of ether oxygens (including phenoxy) is 1. The second-order valence-electron chi connectivity index (χ2n) is 6.40. The van der Waals surface area contributed by atoms with Crippen LogP contribution in [0.15, 0.2) is 71.3 Å². The third-order valence-corrected chi connectivity index (χ3v) is 4.51. The second kappa shape index (κ2) is 9.80. The van der Waals surface area contributed by atoms with Gasteiger partial charge in [0.15, 0.2) is 6.61 Å². The summed E-state index contributed by atoms with van der Waals surface area (Å²) in [6, 6.07) is 17.5. The average molecular weight is 413 g/mol. The molecule has 0 unspecified atom stereocenters. The van der Waals surface area contributed by atoms with E-state index in [0.29, 0.717) is 22.8 Å². The van der Waals surface area contributed by atoms with Crippen molar-refractivity contribution in [3.8, 4) is 0 Å². The largest absolute Gasteiger partial charge is 0.467 e. The van der Waals surface area contributed by atoms with Gasteiger partial charge in [0, 0.05) is 10.7 Å². The molecule has 0 aliphatic carbocycles. The van der Waals surface area contributed by atoms with Crippen LogP contribution in [0, 0.1) is 0 Å². The van der Waals surface area contributed by atoms with Crippen molar-refractivity contribution in [2.75, 3.05) is 11.9 Å². The van der Waals surface area contributed by atoms with E-state index >= 15 is 0 Å². The Hall–Kier alpha value is -3.25. The molecule has 2 N–H and O–H groups in total. The summed E-state index contributed by atoms with van der Waals surface area (Å²) in [5, 5.41) is 6.56. The Balaban J connectivity index is 1.53. The molecule has 3 aromatic rings. The van der Waals surface area contributed by atoms with Crippen LogP contribution in [-0.2, 0) is 16.1 Å². The number of rotatable bonds is 8. The fraction of sp³-hybridized carbons (Fsp3) is 0.182. The van der Waals surface area contributed by atoms with Gasteiger partial charge in [-0.05, 0) is 48.9 Å². The SMILES string of the molecule is C[C@@H](NC(=O)COC(=O)c1ccccc1NCc1ccco1)c1ccc(Cl)cc1. The number of carbonyl (C=O) groups is 2. The first kappa shape index (κ1) is 20.5. The Morgan fingerprint density at radius 3 is 2.55 bits per heavy atom. The molecular formula is C22H21ClN2O4. The van der Waals surface area contributed by atoms with Crippen molar-refractivity contribution in [1.82, 2.24) is 5.32 Å². The average Bonchev–Trinajstić information content (AvgIpc) is 3.25. The summed E-state index contributed by atoms with van der Waals surface area (Å²) in [5.41, 5.74) is 1.85. The molecule has 29 heavy (non-hydrogen) atoms. The normalized spacial score (nSPS) is 11.5. The molecular weight excluding hydrogens is 392 g/mol. The van der Waals surface area contributed by atoms with Crippen LogP contribution in [0.5, 0.6) is 0 Å². The van der Waals surface area contributed by atoms with Gasteiger partial charge in [-0.15, -0.1) is 0 Å². The van der Waals surface area contributed by atoms with Crippen molar-refractivity contribution >= 4 is 29.2 Å². The number of hydrogen-bond donors (Lipinski definition) is 2. The van der Waals surface area contributed by atoms with Crippen LogP contribution in [0.25, 0.3) is 0 Å². The van der Waals surface area contributed by atoms with Crippen molar-refractivity contribution in [3.63, 3.8) is 0 Å². The van der Waals surface area contributed by atoms with Crippen LogP contribution >= 0.6 is 11.6 Å². The summed E-state index contributed by atoms with van der Waals surface area (Å²) in [6.07, 6.45) is 1.58. The van der Waals surface area contributed by atoms with Gasteiger partial charge in [0.25, 0.3) is 5.91 Å². The van der Waals surface area contributed by atoms with Gasteiger partial charge in [0.1, 0.15) is 5.76 Å². The Labute approximate surface area is 173 Å². The number of nitrogens with one attached hydrogen (secondary N) is 2. The Morgan fingerprint density at radius 2 is 1.83 bits per heavy atom. The molecule has 0 fully saturated rings. The molecule has 3 rings (SSSR count). The van der Waals surface area contributed by atoms with E-state index < -0.39 is 5.97 Å². The maximum absolute atomic E-state index is 12.4. The zero-order valence-corrected chi connectivity index (χ0v) is 16.6. The van der Waals surface area contributed by atoms with Crippen LogP contribution in [-0.4, -0.2) is 18.5 Å². The predicted molar refractivity (Wildman–Crippen MR) is 111 cm³/mol. The van der Waals surface area contributed by atoms with Crippen LogP contribution in [0.2, 0.25) is 5.02 Å². The van der Waals surface area contributed by atoms with E-state index in [0.717, 1.165) is 11.3 Å². The van der Waals surface area contributed by atoms with Gasteiger partial charge in [-0.25, -0.2) is 4.79 Å². The minimum Gasteiger partial charge on any atom is -0.467 e. The third kappa shape index (κ3) is 5.86. The van der Waals surface area contributed by atoms with Crippen LogP contribution in [0.3, 0.4) is 0 Å². The molecule has 0 aliphatic heterocycles. The van der Waals surface area contributed by atoms with E-state index in [4.69, 9.17) is 20.8 Å². The van der Waals surface area contributed by atoms with Crippen LogP contribution in [0.4, 0.5) is 5.69 Å². The highest BCUT2D eigenvalue weighted by Gasteiger charge is 2.16. The zero-order valence-electron chi connectivity index (χ0n) is 15.9. The minimum absolute atomic E-state index is 0.235. The monoisotopic (exact) mass is 412 g/mol. The number of anilines is 1. The molecule has 0 bridgehead atoms. The molecule has 0 radical (unpaired) electrons. The number of benzene rings is 2. The van der Waals surface area contributed by atoms with Crippen molar-refractivity contribution in [3.05, 3.63) is 88.8 Å². The third-order valence-electron chi connectivity index (χ3n) is 4.26. The number of para-hydroxylation sites is 1. The van der Waals surface area contributed by atoms with E-state index in [1.165, 1.54) is 0 Å².